The van der Waals surface area contributed by atoms with Crippen LogP contribution in [-0.4, -0.2) is 6.54 Å². The van der Waals surface area contributed by atoms with Crippen LogP contribution in [0, 0.1) is 6.92 Å². The van der Waals surface area contributed by atoms with Crippen LogP contribution in [0.1, 0.15) is 36.1 Å². The van der Waals surface area contributed by atoms with Crippen molar-refractivity contribution in [2.45, 2.75) is 32.7 Å². The second-order valence-corrected chi connectivity index (χ2v) is 5.98. The molecule has 19 heavy (non-hydrogen) atoms. The number of nitrogens with one attached hydrogen (secondary N) is 1. The molecule has 1 atom stereocenters. The summed E-state index contributed by atoms with van der Waals surface area (Å²) in [6, 6.07) is 8.96. The first-order valence-electron chi connectivity index (χ1n) is 6.71. The first-order valence-corrected chi connectivity index (χ1v) is 8.03. The van der Waals surface area contributed by atoms with Crippen molar-refractivity contribution < 1.29 is 0 Å². The summed E-state index contributed by atoms with van der Waals surface area (Å²) in [5.41, 5.74) is 3.84. The van der Waals surface area contributed by atoms with Gasteiger partial charge in [0.25, 0.3) is 0 Å². The summed E-state index contributed by atoms with van der Waals surface area (Å²) in [5, 5.41) is 8.78. The lowest BCUT2D eigenvalue weighted by atomic mass is 9.99. The summed E-state index contributed by atoms with van der Waals surface area (Å²) in [5.74, 6) is 0. The first kappa shape index (κ1) is 14.6. The van der Waals surface area contributed by atoms with E-state index in [9.17, 15) is 0 Å². The molecule has 3 heteroatoms. The number of benzene rings is 1. The molecule has 1 aromatic carbocycles. The van der Waals surface area contributed by atoms with Crippen LogP contribution >= 0.6 is 22.9 Å². The minimum Gasteiger partial charge on any atom is -0.310 e. The molecule has 2 rings (SSSR count). The summed E-state index contributed by atoms with van der Waals surface area (Å²) >= 11 is 7.99. The van der Waals surface area contributed by atoms with Crippen LogP contribution in [0.4, 0.5) is 0 Å². The predicted octanol–water partition coefficient (Wildman–Crippen LogP) is 4.99. The molecule has 0 aliphatic rings. The Hall–Kier alpha value is -0.830. The van der Waals surface area contributed by atoms with Crippen LogP contribution in [0.15, 0.2) is 35.0 Å². The molecule has 0 bridgehead atoms. The summed E-state index contributed by atoms with van der Waals surface area (Å²) in [4.78, 5) is 0. The van der Waals surface area contributed by atoms with Crippen LogP contribution < -0.4 is 5.32 Å². The average molecular weight is 294 g/mol. The molecule has 2 aromatic rings. The van der Waals surface area contributed by atoms with Gasteiger partial charge in [0, 0.05) is 11.1 Å². The van der Waals surface area contributed by atoms with Gasteiger partial charge in [0.15, 0.2) is 0 Å². The van der Waals surface area contributed by atoms with Gasteiger partial charge in [-0.2, -0.15) is 11.3 Å². The lowest BCUT2D eigenvalue weighted by molar-refractivity contribution is 0.515. The van der Waals surface area contributed by atoms with E-state index in [1.165, 1.54) is 11.1 Å². The monoisotopic (exact) mass is 293 g/mol. The molecule has 1 unspecified atom stereocenters. The molecule has 1 heterocycles. The van der Waals surface area contributed by atoms with E-state index < -0.39 is 0 Å². The minimum absolute atomic E-state index is 0.378. The Morgan fingerprint density at radius 1 is 1.32 bits per heavy atom. The molecule has 0 aliphatic heterocycles. The average Bonchev–Trinajstić information content (AvgIpc) is 2.91. The quantitative estimate of drug-likeness (QED) is 0.791. The van der Waals surface area contributed by atoms with E-state index in [-0.39, 0.29) is 0 Å². The summed E-state index contributed by atoms with van der Waals surface area (Å²) in [6.45, 7) is 5.16. The van der Waals surface area contributed by atoms with Gasteiger partial charge >= 0.3 is 0 Å². The van der Waals surface area contributed by atoms with Crippen molar-refractivity contribution >= 4 is 22.9 Å². The fourth-order valence-electron chi connectivity index (χ4n) is 2.20. The van der Waals surface area contributed by atoms with Crippen LogP contribution in [0.25, 0.3) is 0 Å². The van der Waals surface area contributed by atoms with Crippen molar-refractivity contribution in [3.8, 4) is 0 Å². The van der Waals surface area contributed by atoms with Gasteiger partial charge in [-0.3, -0.25) is 0 Å². The maximum atomic E-state index is 6.23. The third-order valence-electron chi connectivity index (χ3n) is 3.35. The van der Waals surface area contributed by atoms with E-state index in [0.717, 1.165) is 30.0 Å². The van der Waals surface area contributed by atoms with Gasteiger partial charge in [0.1, 0.15) is 0 Å². The SMILES string of the molecule is CCNC(CCc1ccsc1)c1ccc(C)c(Cl)c1. The van der Waals surface area contributed by atoms with E-state index in [2.05, 4.69) is 47.3 Å². The van der Waals surface area contributed by atoms with Crippen molar-refractivity contribution in [3.05, 3.63) is 56.7 Å². The lowest BCUT2D eigenvalue weighted by Gasteiger charge is -2.19. The van der Waals surface area contributed by atoms with E-state index in [0.29, 0.717) is 6.04 Å². The smallest absolute Gasteiger partial charge is 0.0438 e. The van der Waals surface area contributed by atoms with Crippen molar-refractivity contribution in [2.24, 2.45) is 0 Å². The summed E-state index contributed by atoms with van der Waals surface area (Å²) in [7, 11) is 0. The highest BCUT2D eigenvalue weighted by Gasteiger charge is 2.11. The highest BCUT2D eigenvalue weighted by atomic mass is 35.5. The zero-order chi connectivity index (χ0) is 13.7. The highest BCUT2D eigenvalue weighted by Crippen LogP contribution is 2.25. The highest BCUT2D eigenvalue weighted by molar-refractivity contribution is 7.07. The topological polar surface area (TPSA) is 12.0 Å². The van der Waals surface area contributed by atoms with Crippen molar-refractivity contribution in [1.29, 1.82) is 0 Å². The minimum atomic E-state index is 0.378. The van der Waals surface area contributed by atoms with E-state index in [1.807, 2.05) is 6.92 Å². The Bertz CT molecular complexity index is 507. The molecule has 0 aliphatic carbocycles. The molecule has 0 spiro atoms. The third-order valence-corrected chi connectivity index (χ3v) is 4.49. The maximum absolute atomic E-state index is 6.23. The molecule has 0 saturated carbocycles. The van der Waals surface area contributed by atoms with Crippen molar-refractivity contribution in [2.75, 3.05) is 6.54 Å². The largest absolute Gasteiger partial charge is 0.310 e. The number of thiophene rings is 1. The maximum Gasteiger partial charge on any atom is 0.0438 e. The number of hydrogen-bond donors (Lipinski definition) is 1. The van der Waals surface area contributed by atoms with Crippen LogP contribution in [-0.2, 0) is 6.42 Å². The fraction of sp³-hybridized carbons (Fsp3) is 0.375. The number of aryl methyl sites for hydroxylation is 2. The van der Waals surface area contributed by atoms with Gasteiger partial charge in [0.05, 0.1) is 0 Å². The van der Waals surface area contributed by atoms with Crippen LogP contribution in [0.5, 0.6) is 0 Å². The Balaban J connectivity index is 2.07. The van der Waals surface area contributed by atoms with Crippen LogP contribution in [0.3, 0.4) is 0 Å². The lowest BCUT2D eigenvalue weighted by Crippen LogP contribution is -2.21. The molecule has 0 fully saturated rings. The van der Waals surface area contributed by atoms with Gasteiger partial charge in [-0.05, 0) is 65.9 Å². The van der Waals surface area contributed by atoms with Crippen molar-refractivity contribution in [1.82, 2.24) is 5.32 Å². The van der Waals surface area contributed by atoms with Gasteiger partial charge in [-0.25, -0.2) is 0 Å². The van der Waals surface area contributed by atoms with Gasteiger partial charge in [-0.1, -0.05) is 30.7 Å². The fourth-order valence-corrected chi connectivity index (χ4v) is 3.10. The molecule has 0 radical (unpaired) electrons. The van der Waals surface area contributed by atoms with Crippen LogP contribution in [0.2, 0.25) is 5.02 Å². The molecule has 0 amide bonds. The van der Waals surface area contributed by atoms with Gasteiger partial charge in [-0.15, -0.1) is 0 Å². The third kappa shape index (κ3) is 4.07. The molecule has 0 saturated heterocycles. The predicted molar refractivity (Wildman–Crippen MR) is 85.2 cm³/mol. The Labute approximate surface area is 124 Å². The molecular formula is C16H20ClNS. The van der Waals surface area contributed by atoms with Gasteiger partial charge < -0.3 is 5.32 Å². The summed E-state index contributed by atoms with van der Waals surface area (Å²) < 4.78 is 0. The van der Waals surface area contributed by atoms with Crippen molar-refractivity contribution in [3.63, 3.8) is 0 Å². The van der Waals surface area contributed by atoms with E-state index >= 15 is 0 Å². The first-order chi connectivity index (χ1) is 9.20. The van der Waals surface area contributed by atoms with E-state index in [4.69, 9.17) is 11.6 Å². The normalized spacial score (nSPS) is 12.6. The Kier molecular flexibility index (Phi) is 5.44. The zero-order valence-corrected chi connectivity index (χ0v) is 13.0. The number of halogens is 1. The zero-order valence-electron chi connectivity index (χ0n) is 11.4. The molecule has 1 nitrogen and oxygen atoms in total. The second kappa shape index (κ2) is 7.09. The molecule has 1 N–H and O–H groups in total. The standard InChI is InChI=1S/C16H20ClNS/c1-3-18-16(7-5-13-8-9-19-11-13)14-6-4-12(2)15(17)10-14/h4,6,8-11,16,18H,3,5,7H2,1-2H3. The Morgan fingerprint density at radius 2 is 2.16 bits per heavy atom. The van der Waals surface area contributed by atoms with Gasteiger partial charge in [0.2, 0.25) is 0 Å². The number of hydrogen-bond acceptors (Lipinski definition) is 2. The Morgan fingerprint density at radius 3 is 2.79 bits per heavy atom. The number of rotatable bonds is 6. The summed E-state index contributed by atoms with van der Waals surface area (Å²) in [6.07, 6.45) is 2.20. The molecule has 102 valence electrons. The van der Waals surface area contributed by atoms with E-state index in [1.54, 1.807) is 11.3 Å². The molecular weight excluding hydrogens is 274 g/mol. The second-order valence-electron chi connectivity index (χ2n) is 4.79. The molecule has 1 aromatic heterocycles.